The molecule has 1 aromatic carbocycles. The molecule has 0 amide bonds. The van der Waals surface area contributed by atoms with Crippen molar-refractivity contribution < 1.29 is 23.1 Å². The van der Waals surface area contributed by atoms with Crippen molar-refractivity contribution in [2.45, 2.75) is 17.4 Å². The van der Waals surface area contributed by atoms with E-state index in [0.29, 0.717) is 5.56 Å². The van der Waals surface area contributed by atoms with Crippen LogP contribution in [-0.4, -0.2) is 37.6 Å². The number of sulfonamides is 1. The summed E-state index contributed by atoms with van der Waals surface area (Å²) in [5.41, 5.74) is 0.714. The van der Waals surface area contributed by atoms with Crippen LogP contribution in [0.5, 0.6) is 5.75 Å². The summed E-state index contributed by atoms with van der Waals surface area (Å²) < 4.78 is 31.8. The fraction of sp³-hybridized carbons (Fsp3) is 0.200. The monoisotopic (exact) mass is 336 g/mol. The highest BCUT2D eigenvalue weighted by atomic mass is 32.2. The first-order chi connectivity index (χ1) is 10.9. The third-order valence-electron chi connectivity index (χ3n) is 3.11. The lowest BCUT2D eigenvalue weighted by molar-refractivity contribution is -0.138. The van der Waals surface area contributed by atoms with Gasteiger partial charge < -0.3 is 9.84 Å². The molecule has 23 heavy (non-hydrogen) atoms. The van der Waals surface area contributed by atoms with Crippen LogP contribution in [-0.2, 0) is 21.2 Å². The summed E-state index contributed by atoms with van der Waals surface area (Å²) in [5.74, 6) is -0.990. The third kappa shape index (κ3) is 4.51. The largest absolute Gasteiger partial charge is 0.495 e. The van der Waals surface area contributed by atoms with E-state index in [1.165, 1.54) is 19.4 Å². The number of pyridine rings is 1. The number of aliphatic carboxylic acids is 1. The maximum atomic E-state index is 12.3. The molecule has 7 nitrogen and oxygen atoms in total. The van der Waals surface area contributed by atoms with E-state index in [4.69, 9.17) is 4.74 Å². The molecular weight excluding hydrogens is 320 g/mol. The van der Waals surface area contributed by atoms with E-state index in [1.54, 1.807) is 30.3 Å². The SMILES string of the molecule is COc1cncc(S(=O)(=O)N[C@@H](Cc2ccccc2)C(=O)O)c1. The fourth-order valence-electron chi connectivity index (χ4n) is 1.94. The second-order valence-corrected chi connectivity index (χ2v) is 6.48. The van der Waals surface area contributed by atoms with Gasteiger partial charge in [-0.3, -0.25) is 9.78 Å². The van der Waals surface area contributed by atoms with Crippen LogP contribution in [0.25, 0.3) is 0 Å². The number of nitrogens with one attached hydrogen (secondary N) is 1. The standard InChI is InChI=1S/C15H16N2O5S/c1-22-12-8-13(10-16-9-12)23(20,21)17-14(15(18)19)7-11-5-3-2-4-6-11/h2-6,8-10,14,17H,7H2,1H3,(H,18,19)/t14-/m0/s1. The van der Waals surface area contributed by atoms with Crippen LogP contribution in [0.15, 0.2) is 53.7 Å². The van der Waals surface area contributed by atoms with Gasteiger partial charge in [0.1, 0.15) is 16.7 Å². The van der Waals surface area contributed by atoms with Crippen molar-refractivity contribution in [1.82, 2.24) is 9.71 Å². The summed E-state index contributed by atoms with van der Waals surface area (Å²) in [4.78, 5) is 15.0. The zero-order valence-corrected chi connectivity index (χ0v) is 13.2. The van der Waals surface area contributed by atoms with Crippen LogP contribution in [0.1, 0.15) is 5.56 Å². The molecule has 1 heterocycles. The molecule has 0 aliphatic heterocycles. The summed E-state index contributed by atoms with van der Waals surface area (Å²) in [6.07, 6.45) is 2.52. The molecule has 2 rings (SSSR count). The second kappa shape index (κ2) is 7.21. The molecule has 0 unspecified atom stereocenters. The predicted octanol–water partition coefficient (Wildman–Crippen LogP) is 1.06. The van der Waals surface area contributed by atoms with Gasteiger partial charge in [0, 0.05) is 12.3 Å². The molecule has 0 bridgehead atoms. The van der Waals surface area contributed by atoms with Crippen molar-refractivity contribution in [2.75, 3.05) is 7.11 Å². The summed E-state index contributed by atoms with van der Waals surface area (Å²) in [7, 11) is -2.65. The zero-order valence-electron chi connectivity index (χ0n) is 12.3. The highest BCUT2D eigenvalue weighted by Gasteiger charge is 2.26. The molecule has 1 atom stereocenters. The Morgan fingerprint density at radius 3 is 2.61 bits per heavy atom. The summed E-state index contributed by atoms with van der Waals surface area (Å²) >= 11 is 0. The lowest BCUT2D eigenvalue weighted by Gasteiger charge is -2.15. The number of hydrogen-bond donors (Lipinski definition) is 2. The van der Waals surface area contributed by atoms with Crippen molar-refractivity contribution in [3.63, 3.8) is 0 Å². The smallest absolute Gasteiger partial charge is 0.322 e. The summed E-state index contributed by atoms with van der Waals surface area (Å²) in [5, 5.41) is 9.28. The normalized spacial score (nSPS) is 12.6. The molecule has 0 fully saturated rings. The molecule has 0 saturated heterocycles. The van der Waals surface area contributed by atoms with E-state index in [2.05, 4.69) is 9.71 Å². The van der Waals surface area contributed by atoms with Crippen molar-refractivity contribution >= 4 is 16.0 Å². The van der Waals surface area contributed by atoms with Gasteiger partial charge in [-0.1, -0.05) is 30.3 Å². The Hall–Kier alpha value is -2.45. The second-order valence-electron chi connectivity index (χ2n) is 4.76. The van der Waals surface area contributed by atoms with Gasteiger partial charge in [0.15, 0.2) is 0 Å². The van der Waals surface area contributed by atoms with E-state index in [-0.39, 0.29) is 17.1 Å². The van der Waals surface area contributed by atoms with E-state index >= 15 is 0 Å². The molecular formula is C15H16N2O5S. The zero-order chi connectivity index (χ0) is 16.9. The Balaban J connectivity index is 2.22. The minimum atomic E-state index is -4.03. The number of rotatable bonds is 7. The van der Waals surface area contributed by atoms with E-state index < -0.39 is 22.0 Å². The van der Waals surface area contributed by atoms with E-state index in [0.717, 1.165) is 6.20 Å². The maximum Gasteiger partial charge on any atom is 0.322 e. The van der Waals surface area contributed by atoms with Gasteiger partial charge in [0.2, 0.25) is 10.0 Å². The molecule has 0 aliphatic rings. The van der Waals surface area contributed by atoms with Crippen LogP contribution in [0.2, 0.25) is 0 Å². The van der Waals surface area contributed by atoms with Gasteiger partial charge in [-0.15, -0.1) is 0 Å². The molecule has 2 aromatic rings. The third-order valence-corrected chi connectivity index (χ3v) is 4.55. The predicted molar refractivity (Wildman–Crippen MR) is 82.7 cm³/mol. The lowest BCUT2D eigenvalue weighted by atomic mass is 10.1. The number of nitrogens with zero attached hydrogens (tertiary/aromatic N) is 1. The number of ether oxygens (including phenoxy) is 1. The number of hydrogen-bond acceptors (Lipinski definition) is 5. The van der Waals surface area contributed by atoms with Crippen LogP contribution in [0, 0.1) is 0 Å². The molecule has 0 spiro atoms. The molecule has 122 valence electrons. The highest BCUT2D eigenvalue weighted by Crippen LogP contribution is 2.16. The maximum absolute atomic E-state index is 12.3. The Labute approximate surface area is 134 Å². The van der Waals surface area contributed by atoms with Gasteiger partial charge in [0.05, 0.1) is 13.3 Å². The summed E-state index contributed by atoms with van der Waals surface area (Å²) in [6.45, 7) is 0. The van der Waals surface area contributed by atoms with Crippen LogP contribution in [0.3, 0.4) is 0 Å². The van der Waals surface area contributed by atoms with Crippen molar-refractivity contribution in [3.8, 4) is 5.75 Å². The number of methoxy groups -OCH3 is 1. The minimum Gasteiger partial charge on any atom is -0.495 e. The number of benzene rings is 1. The number of carbonyl (C=O) groups is 1. The molecule has 0 aliphatic carbocycles. The van der Waals surface area contributed by atoms with Gasteiger partial charge in [-0.25, -0.2) is 8.42 Å². The van der Waals surface area contributed by atoms with Gasteiger partial charge >= 0.3 is 5.97 Å². The number of carboxylic acids is 1. The number of carboxylic acid groups (broad SMARTS) is 1. The Kier molecular flexibility index (Phi) is 5.30. The van der Waals surface area contributed by atoms with E-state index in [9.17, 15) is 18.3 Å². The Morgan fingerprint density at radius 2 is 2.00 bits per heavy atom. The average Bonchev–Trinajstić information content (AvgIpc) is 2.55. The molecule has 0 saturated carbocycles. The molecule has 1 aromatic heterocycles. The molecule has 2 N–H and O–H groups in total. The van der Waals surface area contributed by atoms with Crippen LogP contribution < -0.4 is 9.46 Å². The quantitative estimate of drug-likeness (QED) is 0.783. The first-order valence-corrected chi connectivity index (χ1v) is 8.19. The van der Waals surface area contributed by atoms with Gasteiger partial charge in [-0.2, -0.15) is 4.72 Å². The minimum absolute atomic E-state index is 0.0345. The van der Waals surface area contributed by atoms with Gasteiger partial charge in [0.25, 0.3) is 0 Å². The summed E-state index contributed by atoms with van der Waals surface area (Å²) in [6, 6.07) is 8.77. The lowest BCUT2D eigenvalue weighted by Crippen LogP contribution is -2.42. The number of aromatic nitrogens is 1. The Bertz CT molecular complexity index is 777. The average molecular weight is 336 g/mol. The van der Waals surface area contributed by atoms with Gasteiger partial charge in [-0.05, 0) is 12.0 Å². The Morgan fingerprint density at radius 1 is 1.30 bits per heavy atom. The van der Waals surface area contributed by atoms with Crippen LogP contribution in [0.4, 0.5) is 0 Å². The molecule has 0 radical (unpaired) electrons. The van der Waals surface area contributed by atoms with Crippen molar-refractivity contribution in [2.24, 2.45) is 0 Å². The van der Waals surface area contributed by atoms with E-state index in [1.807, 2.05) is 0 Å². The highest BCUT2D eigenvalue weighted by molar-refractivity contribution is 7.89. The topological polar surface area (TPSA) is 106 Å². The first kappa shape index (κ1) is 16.9. The van der Waals surface area contributed by atoms with Crippen LogP contribution >= 0.6 is 0 Å². The first-order valence-electron chi connectivity index (χ1n) is 6.70. The molecule has 8 heteroatoms. The van der Waals surface area contributed by atoms with Crippen molar-refractivity contribution in [3.05, 3.63) is 54.4 Å². The fourth-order valence-corrected chi connectivity index (χ4v) is 3.11. The van der Waals surface area contributed by atoms with Crippen molar-refractivity contribution in [1.29, 1.82) is 0 Å².